The van der Waals surface area contributed by atoms with Gasteiger partial charge in [-0.1, -0.05) is 6.07 Å². The molecule has 1 aliphatic rings. The normalized spacial score (nSPS) is 19.4. The highest BCUT2D eigenvalue weighted by molar-refractivity contribution is 7.89. The third kappa shape index (κ3) is 2.38. The number of fused-ring (bicyclic) bond motifs is 2. The molecule has 3 aromatic rings. The fourth-order valence-corrected chi connectivity index (χ4v) is 5.44. The Morgan fingerprint density at radius 3 is 2.80 bits per heavy atom. The third-order valence-corrected chi connectivity index (χ3v) is 6.83. The Morgan fingerprint density at radius 2 is 2.04 bits per heavy atom. The average molecular weight is 359 g/mol. The van der Waals surface area contributed by atoms with Crippen LogP contribution in [-0.2, 0) is 10.0 Å². The molecule has 25 heavy (non-hydrogen) atoms. The van der Waals surface area contributed by atoms with Crippen LogP contribution in [0.4, 0.5) is 4.39 Å². The number of nitrogens with one attached hydrogen (secondary N) is 1. The molecule has 0 spiro atoms. The van der Waals surface area contributed by atoms with E-state index in [0.29, 0.717) is 17.0 Å². The molecule has 0 fully saturated rings. The number of H-pyrrole nitrogens is 1. The molecular weight excluding hydrogens is 341 g/mol. The van der Waals surface area contributed by atoms with Crippen molar-refractivity contribution >= 4 is 20.9 Å². The first kappa shape index (κ1) is 16.3. The SMILES string of the molecule is CC1c2cc(-c3c[nH]c4cc(F)ccc34)ccc2S(=O)(=O)N1CCN. The van der Waals surface area contributed by atoms with Crippen LogP contribution >= 0.6 is 0 Å². The molecule has 0 amide bonds. The van der Waals surface area contributed by atoms with Crippen molar-refractivity contribution in [2.45, 2.75) is 17.9 Å². The predicted molar refractivity (Wildman–Crippen MR) is 95.1 cm³/mol. The van der Waals surface area contributed by atoms with Gasteiger partial charge < -0.3 is 10.7 Å². The molecule has 0 radical (unpaired) electrons. The number of aromatic amines is 1. The van der Waals surface area contributed by atoms with Crippen LogP contribution in [0, 0.1) is 5.82 Å². The van der Waals surface area contributed by atoms with E-state index in [9.17, 15) is 12.8 Å². The van der Waals surface area contributed by atoms with Crippen molar-refractivity contribution in [3.8, 4) is 11.1 Å². The number of aromatic nitrogens is 1. The summed E-state index contributed by atoms with van der Waals surface area (Å²) >= 11 is 0. The summed E-state index contributed by atoms with van der Waals surface area (Å²) in [6.45, 7) is 2.44. The maximum absolute atomic E-state index is 13.4. The monoisotopic (exact) mass is 359 g/mol. The molecule has 1 atom stereocenters. The zero-order valence-electron chi connectivity index (χ0n) is 13.7. The average Bonchev–Trinajstić information content (AvgIpc) is 3.08. The molecule has 4 rings (SSSR count). The molecule has 0 saturated heterocycles. The summed E-state index contributed by atoms with van der Waals surface area (Å²) in [5.74, 6) is -0.299. The van der Waals surface area contributed by atoms with E-state index in [-0.39, 0.29) is 18.4 Å². The number of rotatable bonds is 3. The fraction of sp³-hybridized carbons (Fsp3) is 0.222. The largest absolute Gasteiger partial charge is 0.360 e. The highest BCUT2D eigenvalue weighted by Gasteiger charge is 2.39. The van der Waals surface area contributed by atoms with Gasteiger partial charge >= 0.3 is 0 Å². The Morgan fingerprint density at radius 1 is 1.24 bits per heavy atom. The fourth-order valence-electron chi connectivity index (χ4n) is 3.55. The van der Waals surface area contributed by atoms with Gasteiger partial charge in [-0.15, -0.1) is 0 Å². The number of hydrogen-bond donors (Lipinski definition) is 2. The Kier molecular flexibility index (Phi) is 3.68. The molecule has 1 aromatic heterocycles. The molecule has 5 nitrogen and oxygen atoms in total. The van der Waals surface area contributed by atoms with Gasteiger partial charge in [0.25, 0.3) is 0 Å². The number of nitrogens with zero attached hydrogens (tertiary/aromatic N) is 1. The third-order valence-electron chi connectivity index (χ3n) is 4.78. The van der Waals surface area contributed by atoms with Crippen molar-refractivity contribution in [3.05, 3.63) is 54.0 Å². The second-order valence-electron chi connectivity index (χ2n) is 6.23. The van der Waals surface area contributed by atoms with Crippen molar-refractivity contribution < 1.29 is 12.8 Å². The number of nitrogens with two attached hydrogens (primary N) is 1. The van der Waals surface area contributed by atoms with Crippen LogP contribution in [0.3, 0.4) is 0 Å². The second kappa shape index (κ2) is 5.66. The van der Waals surface area contributed by atoms with Crippen LogP contribution in [0.2, 0.25) is 0 Å². The minimum absolute atomic E-state index is 0.258. The smallest absolute Gasteiger partial charge is 0.244 e. The van der Waals surface area contributed by atoms with Crippen molar-refractivity contribution in [3.63, 3.8) is 0 Å². The van der Waals surface area contributed by atoms with Crippen molar-refractivity contribution in [1.82, 2.24) is 9.29 Å². The van der Waals surface area contributed by atoms with Gasteiger partial charge in [0.2, 0.25) is 10.0 Å². The first-order valence-corrected chi connectivity index (χ1v) is 9.50. The van der Waals surface area contributed by atoms with Gasteiger partial charge in [-0.25, -0.2) is 12.8 Å². The predicted octanol–water partition coefficient (Wildman–Crippen LogP) is 3.00. The molecule has 1 unspecified atom stereocenters. The van der Waals surface area contributed by atoms with E-state index in [1.165, 1.54) is 16.4 Å². The van der Waals surface area contributed by atoms with Gasteiger partial charge in [0, 0.05) is 41.8 Å². The summed E-state index contributed by atoms with van der Waals surface area (Å²) in [5, 5.41) is 0.897. The summed E-state index contributed by atoms with van der Waals surface area (Å²) in [5.41, 5.74) is 8.86. The summed E-state index contributed by atoms with van der Waals surface area (Å²) in [4.78, 5) is 3.40. The molecule has 0 saturated carbocycles. The Balaban J connectivity index is 1.85. The van der Waals surface area contributed by atoms with E-state index in [4.69, 9.17) is 5.73 Å². The maximum Gasteiger partial charge on any atom is 0.244 e. The van der Waals surface area contributed by atoms with Gasteiger partial charge in [0.05, 0.1) is 4.90 Å². The molecule has 2 aromatic carbocycles. The molecule has 0 aliphatic carbocycles. The number of halogens is 1. The number of sulfonamides is 1. The zero-order chi connectivity index (χ0) is 17.8. The highest BCUT2D eigenvalue weighted by atomic mass is 32.2. The number of hydrogen-bond acceptors (Lipinski definition) is 3. The lowest BCUT2D eigenvalue weighted by Gasteiger charge is -2.18. The van der Waals surface area contributed by atoms with Crippen LogP contribution < -0.4 is 5.73 Å². The van der Waals surface area contributed by atoms with E-state index in [0.717, 1.165) is 22.1 Å². The van der Waals surface area contributed by atoms with Crippen LogP contribution in [0.25, 0.3) is 22.0 Å². The van der Waals surface area contributed by atoms with Gasteiger partial charge in [-0.05, 0) is 48.4 Å². The Bertz CT molecular complexity index is 1080. The topological polar surface area (TPSA) is 79.2 Å². The molecule has 7 heteroatoms. The molecular formula is C18H18FN3O2S. The van der Waals surface area contributed by atoms with Crippen LogP contribution in [-0.4, -0.2) is 30.8 Å². The highest BCUT2D eigenvalue weighted by Crippen LogP contribution is 2.41. The van der Waals surface area contributed by atoms with Gasteiger partial charge in [-0.2, -0.15) is 4.31 Å². The van der Waals surface area contributed by atoms with E-state index in [1.807, 2.05) is 19.2 Å². The van der Waals surface area contributed by atoms with Crippen LogP contribution in [0.15, 0.2) is 47.5 Å². The molecule has 1 aliphatic heterocycles. The Hall–Kier alpha value is -2.22. The van der Waals surface area contributed by atoms with Gasteiger partial charge in [0.15, 0.2) is 0 Å². The van der Waals surface area contributed by atoms with Crippen molar-refractivity contribution in [2.75, 3.05) is 13.1 Å². The standard InChI is InChI=1S/C18H18FN3O2S/c1-11-15-8-12(2-5-18(15)25(23,24)22(11)7-6-20)16-10-21-17-9-13(19)3-4-14(16)17/h2-5,8-11,21H,6-7,20H2,1H3. The quantitative estimate of drug-likeness (QED) is 0.754. The van der Waals surface area contributed by atoms with Crippen LogP contribution in [0.5, 0.6) is 0 Å². The van der Waals surface area contributed by atoms with Crippen molar-refractivity contribution in [1.29, 1.82) is 0 Å². The molecule has 3 N–H and O–H groups in total. The lowest BCUT2D eigenvalue weighted by atomic mass is 9.99. The molecule has 0 bridgehead atoms. The zero-order valence-corrected chi connectivity index (χ0v) is 14.5. The second-order valence-corrected chi connectivity index (χ2v) is 8.08. The summed E-state index contributed by atoms with van der Waals surface area (Å²) in [7, 11) is -3.50. The van der Waals surface area contributed by atoms with E-state index >= 15 is 0 Å². The lowest BCUT2D eigenvalue weighted by molar-refractivity contribution is 0.367. The van der Waals surface area contributed by atoms with E-state index < -0.39 is 10.0 Å². The minimum Gasteiger partial charge on any atom is -0.360 e. The van der Waals surface area contributed by atoms with E-state index in [2.05, 4.69) is 4.98 Å². The van der Waals surface area contributed by atoms with E-state index in [1.54, 1.807) is 18.2 Å². The number of benzene rings is 2. The molecule has 130 valence electrons. The molecule has 2 heterocycles. The first-order chi connectivity index (χ1) is 11.9. The van der Waals surface area contributed by atoms with Crippen molar-refractivity contribution in [2.24, 2.45) is 5.73 Å². The summed E-state index contributed by atoms with van der Waals surface area (Å²) in [6.07, 6.45) is 1.82. The van der Waals surface area contributed by atoms with Crippen LogP contribution in [0.1, 0.15) is 18.5 Å². The van der Waals surface area contributed by atoms with Gasteiger partial charge in [0.1, 0.15) is 5.82 Å². The first-order valence-electron chi connectivity index (χ1n) is 8.06. The summed E-state index contributed by atoms with van der Waals surface area (Å²) in [6, 6.07) is 9.68. The maximum atomic E-state index is 13.4. The van der Waals surface area contributed by atoms with Gasteiger partial charge in [-0.3, -0.25) is 0 Å². The lowest BCUT2D eigenvalue weighted by Crippen LogP contribution is -2.32. The minimum atomic E-state index is -3.50. The Labute approximate surface area is 145 Å². The summed E-state index contributed by atoms with van der Waals surface area (Å²) < 4.78 is 40.1.